The molecule has 3 heteroatoms. The summed E-state index contributed by atoms with van der Waals surface area (Å²) in [6.07, 6.45) is 0.271. The maximum Gasteiger partial charge on any atom is 0.0922 e. The van der Waals surface area contributed by atoms with Gasteiger partial charge >= 0.3 is 0 Å². The Morgan fingerprint density at radius 2 is 2.19 bits per heavy atom. The maximum absolute atomic E-state index is 10.1. The first-order chi connectivity index (χ1) is 7.65. The van der Waals surface area contributed by atoms with E-state index in [0.29, 0.717) is 6.42 Å². The predicted molar refractivity (Wildman–Crippen MR) is 71.9 cm³/mol. The van der Waals surface area contributed by atoms with E-state index in [0.717, 1.165) is 9.35 Å². The Hall–Kier alpha value is -0.640. The van der Waals surface area contributed by atoms with Crippen LogP contribution in [0.25, 0.3) is 0 Å². The van der Waals surface area contributed by atoms with Gasteiger partial charge in [-0.25, -0.2) is 0 Å². The Bertz CT molecular complexity index is 478. The molecule has 1 aromatic carbocycles. The monoisotopic (exact) mass is 296 g/mol. The fraction of sp³-hybridized carbons (Fsp3) is 0.231. The third-order valence-electron chi connectivity index (χ3n) is 2.43. The molecule has 0 saturated heterocycles. The third-order valence-corrected chi connectivity index (χ3v) is 4.22. The molecule has 0 bridgehead atoms. The first kappa shape index (κ1) is 11.8. The van der Waals surface area contributed by atoms with Crippen LogP contribution >= 0.6 is 27.3 Å². The van der Waals surface area contributed by atoms with Crippen LogP contribution in [0.15, 0.2) is 40.2 Å². The quantitative estimate of drug-likeness (QED) is 0.904. The van der Waals surface area contributed by atoms with Crippen molar-refractivity contribution in [1.29, 1.82) is 0 Å². The summed E-state index contributed by atoms with van der Waals surface area (Å²) in [6.45, 7) is 2.07. The Kier molecular flexibility index (Phi) is 3.79. The highest BCUT2D eigenvalue weighted by Crippen LogP contribution is 2.27. The van der Waals surface area contributed by atoms with E-state index in [1.807, 2.05) is 17.5 Å². The Morgan fingerprint density at radius 3 is 2.81 bits per heavy atom. The highest BCUT2D eigenvalue weighted by atomic mass is 79.9. The van der Waals surface area contributed by atoms with E-state index in [9.17, 15) is 5.11 Å². The molecule has 1 atom stereocenters. The lowest BCUT2D eigenvalue weighted by Crippen LogP contribution is -1.99. The van der Waals surface area contributed by atoms with E-state index in [2.05, 4.69) is 41.1 Å². The van der Waals surface area contributed by atoms with Crippen molar-refractivity contribution >= 4 is 27.3 Å². The van der Waals surface area contributed by atoms with Gasteiger partial charge in [0.1, 0.15) is 0 Å². The SMILES string of the molecule is Cc1cccc(CC(O)c2cc(Br)cs2)c1. The number of benzene rings is 1. The van der Waals surface area contributed by atoms with Gasteiger partial charge in [0.15, 0.2) is 0 Å². The topological polar surface area (TPSA) is 20.2 Å². The van der Waals surface area contributed by atoms with Crippen molar-refractivity contribution in [2.45, 2.75) is 19.4 Å². The second kappa shape index (κ2) is 5.13. The van der Waals surface area contributed by atoms with Crippen molar-refractivity contribution in [3.63, 3.8) is 0 Å². The highest BCUT2D eigenvalue weighted by Gasteiger charge is 2.10. The predicted octanol–water partition coefficient (Wildman–Crippen LogP) is 4.10. The van der Waals surface area contributed by atoms with Gasteiger partial charge in [-0.05, 0) is 34.5 Å². The number of hydrogen-bond acceptors (Lipinski definition) is 2. The van der Waals surface area contributed by atoms with Crippen molar-refractivity contribution in [3.05, 3.63) is 56.2 Å². The lowest BCUT2D eigenvalue weighted by Gasteiger charge is -2.08. The maximum atomic E-state index is 10.1. The van der Waals surface area contributed by atoms with E-state index in [-0.39, 0.29) is 0 Å². The fourth-order valence-corrected chi connectivity index (χ4v) is 3.10. The number of aryl methyl sites for hydroxylation is 1. The van der Waals surface area contributed by atoms with Crippen LogP contribution in [0.4, 0.5) is 0 Å². The summed E-state index contributed by atoms with van der Waals surface area (Å²) < 4.78 is 1.04. The average Bonchev–Trinajstić information content (AvgIpc) is 2.65. The normalized spacial score (nSPS) is 12.7. The number of aliphatic hydroxyl groups is 1. The molecule has 0 spiro atoms. The van der Waals surface area contributed by atoms with Gasteiger partial charge in [-0.3, -0.25) is 0 Å². The zero-order valence-corrected chi connectivity index (χ0v) is 11.4. The van der Waals surface area contributed by atoms with Gasteiger partial charge in [0.2, 0.25) is 0 Å². The van der Waals surface area contributed by atoms with Gasteiger partial charge in [0.25, 0.3) is 0 Å². The van der Waals surface area contributed by atoms with Crippen molar-refractivity contribution in [2.24, 2.45) is 0 Å². The van der Waals surface area contributed by atoms with E-state index in [1.54, 1.807) is 11.3 Å². The molecule has 0 fully saturated rings. The largest absolute Gasteiger partial charge is 0.387 e. The number of aliphatic hydroxyl groups excluding tert-OH is 1. The molecule has 1 nitrogen and oxygen atoms in total. The molecule has 0 aliphatic carbocycles. The Labute approximate surface area is 108 Å². The van der Waals surface area contributed by atoms with Crippen molar-refractivity contribution < 1.29 is 5.11 Å². The standard InChI is InChI=1S/C13H13BrOS/c1-9-3-2-4-10(5-9)6-12(15)13-7-11(14)8-16-13/h2-5,7-8,12,15H,6H2,1H3. The average molecular weight is 297 g/mol. The van der Waals surface area contributed by atoms with E-state index < -0.39 is 6.10 Å². The van der Waals surface area contributed by atoms with Crippen LogP contribution in [0, 0.1) is 6.92 Å². The van der Waals surface area contributed by atoms with Gasteiger partial charge < -0.3 is 5.11 Å². The summed E-state index contributed by atoms with van der Waals surface area (Å²) in [4.78, 5) is 1.01. The second-order valence-electron chi connectivity index (χ2n) is 3.88. The van der Waals surface area contributed by atoms with Crippen LogP contribution in [-0.2, 0) is 6.42 Å². The Balaban J connectivity index is 2.10. The van der Waals surface area contributed by atoms with Crippen LogP contribution in [0.2, 0.25) is 0 Å². The number of rotatable bonds is 3. The molecule has 0 saturated carbocycles. The summed E-state index contributed by atoms with van der Waals surface area (Å²) >= 11 is 4.98. The molecule has 1 aromatic heterocycles. The molecular weight excluding hydrogens is 284 g/mol. The Morgan fingerprint density at radius 1 is 1.38 bits per heavy atom. The fourth-order valence-electron chi connectivity index (χ4n) is 1.67. The first-order valence-corrected chi connectivity index (χ1v) is 6.80. The summed E-state index contributed by atoms with van der Waals surface area (Å²) in [7, 11) is 0. The molecule has 1 unspecified atom stereocenters. The molecule has 0 aliphatic rings. The van der Waals surface area contributed by atoms with Gasteiger partial charge in [0.05, 0.1) is 6.10 Å². The number of thiophene rings is 1. The molecule has 16 heavy (non-hydrogen) atoms. The number of halogens is 1. The molecule has 2 aromatic rings. The summed E-state index contributed by atoms with van der Waals surface area (Å²) in [5.74, 6) is 0. The molecule has 1 N–H and O–H groups in total. The minimum atomic E-state index is -0.405. The lowest BCUT2D eigenvalue weighted by molar-refractivity contribution is 0.182. The van der Waals surface area contributed by atoms with Gasteiger partial charge in [0, 0.05) is 21.2 Å². The van der Waals surface area contributed by atoms with Crippen molar-refractivity contribution in [1.82, 2.24) is 0 Å². The van der Waals surface area contributed by atoms with Gasteiger partial charge in [-0.15, -0.1) is 11.3 Å². The van der Waals surface area contributed by atoms with Crippen LogP contribution in [0.5, 0.6) is 0 Å². The van der Waals surface area contributed by atoms with Crippen LogP contribution in [-0.4, -0.2) is 5.11 Å². The zero-order chi connectivity index (χ0) is 11.5. The van der Waals surface area contributed by atoms with Crippen LogP contribution in [0.1, 0.15) is 22.1 Å². The van der Waals surface area contributed by atoms with Gasteiger partial charge in [-0.2, -0.15) is 0 Å². The molecule has 2 rings (SSSR count). The molecule has 84 valence electrons. The lowest BCUT2D eigenvalue weighted by atomic mass is 10.0. The highest BCUT2D eigenvalue weighted by molar-refractivity contribution is 9.10. The number of hydrogen-bond donors (Lipinski definition) is 1. The minimum absolute atomic E-state index is 0.405. The molecule has 0 amide bonds. The van der Waals surface area contributed by atoms with E-state index >= 15 is 0 Å². The smallest absolute Gasteiger partial charge is 0.0922 e. The first-order valence-electron chi connectivity index (χ1n) is 5.12. The second-order valence-corrected chi connectivity index (χ2v) is 5.73. The molecule has 1 heterocycles. The summed E-state index contributed by atoms with van der Waals surface area (Å²) in [5.41, 5.74) is 2.41. The van der Waals surface area contributed by atoms with E-state index in [1.165, 1.54) is 11.1 Å². The summed E-state index contributed by atoms with van der Waals surface area (Å²) in [6, 6.07) is 10.2. The van der Waals surface area contributed by atoms with E-state index in [4.69, 9.17) is 0 Å². The molecular formula is C13H13BrOS. The molecule has 0 aliphatic heterocycles. The van der Waals surface area contributed by atoms with Crippen molar-refractivity contribution in [3.8, 4) is 0 Å². The third kappa shape index (κ3) is 2.94. The minimum Gasteiger partial charge on any atom is -0.387 e. The van der Waals surface area contributed by atoms with Crippen molar-refractivity contribution in [2.75, 3.05) is 0 Å². The van der Waals surface area contributed by atoms with Crippen LogP contribution < -0.4 is 0 Å². The van der Waals surface area contributed by atoms with Gasteiger partial charge in [-0.1, -0.05) is 29.8 Å². The van der Waals surface area contributed by atoms with Crippen LogP contribution in [0.3, 0.4) is 0 Å². The zero-order valence-electron chi connectivity index (χ0n) is 8.98. The molecule has 0 radical (unpaired) electrons. The summed E-state index contributed by atoms with van der Waals surface area (Å²) in [5, 5.41) is 12.1.